The molecule has 0 aliphatic rings. The Morgan fingerprint density at radius 2 is 1.83 bits per heavy atom. The molecule has 0 spiro atoms. The third-order valence-electron chi connectivity index (χ3n) is 2.91. The third kappa shape index (κ3) is 2.57. The molecule has 0 heterocycles. The first-order chi connectivity index (χ1) is 8.61. The van der Waals surface area contributed by atoms with E-state index in [4.69, 9.17) is 0 Å². The molecule has 0 amide bonds. The van der Waals surface area contributed by atoms with E-state index in [1.54, 1.807) is 25.1 Å². The Balaban J connectivity index is 2.54. The zero-order valence-corrected chi connectivity index (χ0v) is 10.4. The highest BCUT2D eigenvalue weighted by Gasteiger charge is 2.08. The van der Waals surface area contributed by atoms with Gasteiger partial charge in [0.2, 0.25) is 0 Å². The highest BCUT2D eigenvalue weighted by Crippen LogP contribution is 2.26. The molecule has 2 aromatic rings. The van der Waals surface area contributed by atoms with Crippen LogP contribution in [0, 0.1) is 18.6 Å². The summed E-state index contributed by atoms with van der Waals surface area (Å²) in [4.78, 5) is 0. The summed E-state index contributed by atoms with van der Waals surface area (Å²) < 4.78 is 26.6. The molecule has 0 aliphatic carbocycles. The second-order valence-corrected chi connectivity index (χ2v) is 4.30. The number of nitrogens with one attached hydrogen (secondary N) is 1. The van der Waals surface area contributed by atoms with E-state index >= 15 is 0 Å². The van der Waals surface area contributed by atoms with Gasteiger partial charge in [0.05, 0.1) is 0 Å². The largest absolute Gasteiger partial charge is 0.316 e. The van der Waals surface area contributed by atoms with Gasteiger partial charge in [0.1, 0.15) is 11.6 Å². The van der Waals surface area contributed by atoms with Crippen molar-refractivity contribution in [2.75, 3.05) is 7.05 Å². The Bertz CT molecular complexity index is 564. The van der Waals surface area contributed by atoms with Gasteiger partial charge < -0.3 is 5.32 Å². The van der Waals surface area contributed by atoms with E-state index in [1.165, 1.54) is 18.2 Å². The fourth-order valence-corrected chi connectivity index (χ4v) is 1.97. The van der Waals surface area contributed by atoms with Gasteiger partial charge in [-0.3, -0.25) is 0 Å². The molecular formula is C15H15F2N. The second kappa shape index (κ2) is 5.27. The predicted molar refractivity (Wildman–Crippen MR) is 69.3 cm³/mol. The molecule has 1 nitrogen and oxygen atoms in total. The van der Waals surface area contributed by atoms with Crippen molar-refractivity contribution in [1.29, 1.82) is 0 Å². The molecule has 2 rings (SSSR count). The number of benzene rings is 2. The lowest BCUT2D eigenvalue weighted by molar-refractivity contribution is 0.618. The van der Waals surface area contributed by atoms with Crippen LogP contribution in [0.25, 0.3) is 11.1 Å². The maximum Gasteiger partial charge on any atom is 0.126 e. The zero-order chi connectivity index (χ0) is 13.1. The molecule has 0 saturated heterocycles. The fourth-order valence-electron chi connectivity index (χ4n) is 1.97. The average Bonchev–Trinajstić information content (AvgIpc) is 2.35. The molecule has 0 radical (unpaired) electrons. The summed E-state index contributed by atoms with van der Waals surface area (Å²) >= 11 is 0. The standard InChI is InChI=1S/C15H15F2N/c1-10-7-11(4-6-15(10)17)14-8-13(16)5-3-12(14)9-18-2/h3-8,18H,9H2,1-2H3. The van der Waals surface area contributed by atoms with E-state index in [0.717, 1.165) is 16.7 Å². The van der Waals surface area contributed by atoms with Crippen LogP contribution in [-0.2, 0) is 6.54 Å². The minimum atomic E-state index is -0.285. The van der Waals surface area contributed by atoms with E-state index in [0.29, 0.717) is 12.1 Å². The van der Waals surface area contributed by atoms with Crippen LogP contribution in [0.1, 0.15) is 11.1 Å². The van der Waals surface area contributed by atoms with Crippen LogP contribution in [0.5, 0.6) is 0 Å². The Morgan fingerprint density at radius 3 is 2.50 bits per heavy atom. The lowest BCUT2D eigenvalue weighted by Gasteiger charge is -2.10. The van der Waals surface area contributed by atoms with Crippen LogP contribution >= 0.6 is 0 Å². The number of halogens is 2. The first-order valence-electron chi connectivity index (χ1n) is 5.81. The average molecular weight is 247 g/mol. The van der Waals surface area contributed by atoms with Gasteiger partial charge >= 0.3 is 0 Å². The van der Waals surface area contributed by atoms with E-state index in [-0.39, 0.29) is 11.6 Å². The summed E-state index contributed by atoms with van der Waals surface area (Å²) in [6.07, 6.45) is 0. The van der Waals surface area contributed by atoms with Gasteiger partial charge in [0.15, 0.2) is 0 Å². The van der Waals surface area contributed by atoms with Crippen molar-refractivity contribution in [2.45, 2.75) is 13.5 Å². The lowest BCUT2D eigenvalue weighted by Crippen LogP contribution is -2.06. The minimum absolute atomic E-state index is 0.245. The molecule has 1 N–H and O–H groups in total. The highest BCUT2D eigenvalue weighted by atomic mass is 19.1. The van der Waals surface area contributed by atoms with Crippen LogP contribution in [0.3, 0.4) is 0 Å². The van der Waals surface area contributed by atoms with E-state index in [1.807, 2.05) is 7.05 Å². The number of aryl methyl sites for hydroxylation is 1. The summed E-state index contributed by atoms with van der Waals surface area (Å²) in [5, 5.41) is 3.04. The molecule has 0 bridgehead atoms. The minimum Gasteiger partial charge on any atom is -0.316 e. The van der Waals surface area contributed by atoms with Gasteiger partial charge in [-0.1, -0.05) is 12.1 Å². The molecule has 0 aromatic heterocycles. The summed E-state index contributed by atoms with van der Waals surface area (Å²) in [7, 11) is 1.84. The van der Waals surface area contributed by atoms with Gasteiger partial charge in [-0.25, -0.2) is 8.78 Å². The van der Waals surface area contributed by atoms with Crippen LogP contribution in [0.4, 0.5) is 8.78 Å². The second-order valence-electron chi connectivity index (χ2n) is 4.30. The lowest BCUT2D eigenvalue weighted by atomic mass is 9.98. The Hall–Kier alpha value is -1.74. The molecule has 0 saturated carbocycles. The molecule has 0 aliphatic heterocycles. The molecule has 0 unspecified atom stereocenters. The maximum atomic E-state index is 13.4. The first-order valence-corrected chi connectivity index (χ1v) is 5.81. The van der Waals surface area contributed by atoms with Gasteiger partial charge in [0.25, 0.3) is 0 Å². The van der Waals surface area contributed by atoms with Gasteiger partial charge in [-0.2, -0.15) is 0 Å². The van der Waals surface area contributed by atoms with Crippen molar-refractivity contribution >= 4 is 0 Å². The molecule has 0 fully saturated rings. The monoisotopic (exact) mass is 247 g/mol. The van der Waals surface area contributed by atoms with Crippen molar-refractivity contribution in [3.63, 3.8) is 0 Å². The number of hydrogen-bond donors (Lipinski definition) is 1. The Labute approximate surface area is 105 Å². The zero-order valence-electron chi connectivity index (χ0n) is 10.4. The molecule has 18 heavy (non-hydrogen) atoms. The van der Waals surface area contributed by atoms with E-state index in [9.17, 15) is 8.78 Å². The highest BCUT2D eigenvalue weighted by molar-refractivity contribution is 5.68. The SMILES string of the molecule is CNCc1ccc(F)cc1-c1ccc(F)c(C)c1. The van der Waals surface area contributed by atoms with Crippen LogP contribution < -0.4 is 5.32 Å². The maximum absolute atomic E-state index is 13.4. The van der Waals surface area contributed by atoms with Crippen molar-refractivity contribution in [2.24, 2.45) is 0 Å². The molecule has 94 valence electrons. The van der Waals surface area contributed by atoms with Crippen molar-refractivity contribution in [1.82, 2.24) is 5.32 Å². The molecule has 0 atom stereocenters. The third-order valence-corrected chi connectivity index (χ3v) is 2.91. The summed E-state index contributed by atoms with van der Waals surface area (Å²) in [5.41, 5.74) is 3.18. The summed E-state index contributed by atoms with van der Waals surface area (Å²) in [6, 6.07) is 9.50. The van der Waals surface area contributed by atoms with Crippen LogP contribution in [0.2, 0.25) is 0 Å². The molecular weight excluding hydrogens is 232 g/mol. The Kier molecular flexibility index (Phi) is 3.72. The summed E-state index contributed by atoms with van der Waals surface area (Å²) in [6.45, 7) is 2.35. The van der Waals surface area contributed by atoms with Crippen molar-refractivity contribution < 1.29 is 8.78 Å². The van der Waals surface area contributed by atoms with E-state index in [2.05, 4.69) is 5.32 Å². The molecule has 2 aromatic carbocycles. The topological polar surface area (TPSA) is 12.0 Å². The van der Waals surface area contributed by atoms with Crippen molar-refractivity contribution in [3.8, 4) is 11.1 Å². The van der Waals surface area contributed by atoms with Crippen LogP contribution in [-0.4, -0.2) is 7.05 Å². The van der Waals surface area contributed by atoms with E-state index < -0.39 is 0 Å². The van der Waals surface area contributed by atoms with Crippen molar-refractivity contribution in [3.05, 3.63) is 59.2 Å². The smallest absolute Gasteiger partial charge is 0.126 e. The molecule has 3 heteroatoms. The van der Waals surface area contributed by atoms with Crippen LogP contribution in [0.15, 0.2) is 36.4 Å². The Morgan fingerprint density at radius 1 is 1.06 bits per heavy atom. The van der Waals surface area contributed by atoms with Gasteiger partial charge in [-0.15, -0.1) is 0 Å². The quantitative estimate of drug-likeness (QED) is 0.872. The first kappa shape index (κ1) is 12.7. The summed E-state index contributed by atoms with van der Waals surface area (Å²) in [5.74, 6) is -0.530. The van der Waals surface area contributed by atoms with Gasteiger partial charge in [-0.05, 0) is 60.5 Å². The normalized spacial score (nSPS) is 10.7. The fraction of sp³-hybridized carbons (Fsp3) is 0.200. The number of rotatable bonds is 3. The number of hydrogen-bond acceptors (Lipinski definition) is 1. The van der Waals surface area contributed by atoms with Gasteiger partial charge in [0, 0.05) is 6.54 Å². The predicted octanol–water partition coefficient (Wildman–Crippen LogP) is 3.66.